The molecule has 17 heavy (non-hydrogen) atoms. The van der Waals surface area contributed by atoms with E-state index in [2.05, 4.69) is 20.7 Å². The van der Waals surface area contributed by atoms with Gasteiger partial charge in [-0.05, 0) is 24.3 Å². The van der Waals surface area contributed by atoms with Crippen LogP contribution in [0.1, 0.15) is 15.9 Å². The number of carbonyl (C=O) groups is 1. The highest BCUT2D eigenvalue weighted by molar-refractivity contribution is 6.03. The molecule has 0 unspecified atom stereocenters. The van der Waals surface area contributed by atoms with Crippen LogP contribution in [0.5, 0.6) is 0 Å². The number of carbonyl (C=O) groups excluding carboxylic acids is 1. The Morgan fingerprint density at radius 2 is 2.24 bits per heavy atom. The van der Waals surface area contributed by atoms with Crippen LogP contribution in [0.25, 0.3) is 0 Å². The minimum Gasteiger partial charge on any atom is -0.288 e. The molecule has 0 saturated carbocycles. The molecular formula is C10H10FN5O. The van der Waals surface area contributed by atoms with E-state index in [4.69, 9.17) is 0 Å². The number of tetrazole rings is 1. The van der Waals surface area contributed by atoms with E-state index < -0.39 is 11.7 Å². The zero-order valence-corrected chi connectivity index (χ0v) is 9.31. The summed E-state index contributed by atoms with van der Waals surface area (Å²) in [6.45, 7) is 1.77. The van der Waals surface area contributed by atoms with Crippen LogP contribution in [0.15, 0.2) is 18.2 Å². The van der Waals surface area contributed by atoms with Gasteiger partial charge in [0.2, 0.25) is 0 Å². The molecular weight excluding hydrogens is 225 g/mol. The normalized spacial score (nSPS) is 10.3. The number of nitrogens with one attached hydrogen (secondary N) is 1. The molecule has 1 aromatic carbocycles. The van der Waals surface area contributed by atoms with Crippen molar-refractivity contribution < 1.29 is 9.18 Å². The average Bonchev–Trinajstić information content (AvgIpc) is 2.67. The van der Waals surface area contributed by atoms with E-state index in [-0.39, 0.29) is 11.5 Å². The lowest BCUT2D eigenvalue weighted by molar-refractivity contribution is 0.102. The van der Waals surface area contributed by atoms with E-state index in [0.29, 0.717) is 0 Å². The Morgan fingerprint density at radius 3 is 2.88 bits per heavy atom. The lowest BCUT2D eigenvalue weighted by Gasteiger charge is -2.03. The van der Waals surface area contributed by atoms with Gasteiger partial charge in [-0.3, -0.25) is 10.1 Å². The molecule has 0 radical (unpaired) electrons. The van der Waals surface area contributed by atoms with Crippen LogP contribution < -0.4 is 5.32 Å². The average molecular weight is 235 g/mol. The molecule has 0 aliphatic carbocycles. The van der Waals surface area contributed by atoms with Crippen LogP contribution in [0.4, 0.5) is 10.3 Å². The molecule has 0 aliphatic heterocycles. The first-order valence-corrected chi connectivity index (χ1v) is 4.88. The standard InChI is InChI=1S/C10H10FN5O/c1-6-3-4-8(11)7(5-6)9(17)12-10-13-15-16(2)14-10/h3-5H,1-2H3,(H,12,14,17). The van der Waals surface area contributed by atoms with Crippen molar-refractivity contribution >= 4 is 11.9 Å². The topological polar surface area (TPSA) is 72.7 Å². The van der Waals surface area contributed by atoms with Gasteiger partial charge in [-0.2, -0.15) is 4.80 Å². The monoisotopic (exact) mass is 235 g/mol. The van der Waals surface area contributed by atoms with E-state index in [0.717, 1.165) is 5.56 Å². The number of hydrogen-bond acceptors (Lipinski definition) is 4. The molecule has 1 N–H and O–H groups in total. The number of hydrogen-bond donors (Lipinski definition) is 1. The number of benzene rings is 1. The summed E-state index contributed by atoms with van der Waals surface area (Å²) in [5, 5.41) is 13.3. The van der Waals surface area contributed by atoms with Crippen molar-refractivity contribution in [2.75, 3.05) is 5.32 Å². The van der Waals surface area contributed by atoms with Crippen molar-refractivity contribution in [3.63, 3.8) is 0 Å². The Morgan fingerprint density at radius 1 is 1.47 bits per heavy atom. The zero-order chi connectivity index (χ0) is 12.4. The minimum absolute atomic E-state index is 0.0402. The molecule has 0 atom stereocenters. The summed E-state index contributed by atoms with van der Waals surface area (Å²) in [6, 6.07) is 4.29. The van der Waals surface area contributed by atoms with Crippen molar-refractivity contribution in [2.45, 2.75) is 6.92 Å². The first kappa shape index (κ1) is 11.2. The Kier molecular flexibility index (Phi) is 2.82. The van der Waals surface area contributed by atoms with Gasteiger partial charge in [0.05, 0.1) is 12.6 Å². The molecule has 2 aromatic rings. The van der Waals surface area contributed by atoms with Gasteiger partial charge in [-0.25, -0.2) is 4.39 Å². The van der Waals surface area contributed by atoms with Crippen LogP contribution in [0.2, 0.25) is 0 Å². The number of rotatable bonds is 2. The Labute approximate surface area is 96.4 Å². The lowest BCUT2D eigenvalue weighted by atomic mass is 10.1. The van der Waals surface area contributed by atoms with Crippen LogP contribution in [0, 0.1) is 12.7 Å². The Bertz CT molecular complexity index is 566. The van der Waals surface area contributed by atoms with E-state index in [1.54, 1.807) is 20.0 Å². The first-order chi connectivity index (χ1) is 8.06. The van der Waals surface area contributed by atoms with Crippen LogP contribution in [-0.2, 0) is 7.05 Å². The summed E-state index contributed by atoms with van der Waals surface area (Å²) in [6.07, 6.45) is 0. The summed E-state index contributed by atoms with van der Waals surface area (Å²) in [5.74, 6) is -1.14. The molecule has 1 amide bonds. The number of amides is 1. The zero-order valence-electron chi connectivity index (χ0n) is 9.31. The van der Waals surface area contributed by atoms with Crippen molar-refractivity contribution in [2.24, 2.45) is 7.05 Å². The van der Waals surface area contributed by atoms with Crippen LogP contribution in [-0.4, -0.2) is 26.1 Å². The molecule has 6 nitrogen and oxygen atoms in total. The van der Waals surface area contributed by atoms with Crippen molar-refractivity contribution in [3.05, 3.63) is 35.1 Å². The van der Waals surface area contributed by atoms with Gasteiger partial charge < -0.3 is 0 Å². The fraction of sp³-hybridized carbons (Fsp3) is 0.200. The number of aryl methyl sites for hydroxylation is 2. The molecule has 0 saturated heterocycles. The van der Waals surface area contributed by atoms with E-state index in [1.165, 1.54) is 16.9 Å². The summed E-state index contributed by atoms with van der Waals surface area (Å²) in [7, 11) is 1.57. The Hall–Kier alpha value is -2.31. The molecule has 0 spiro atoms. The second-order valence-corrected chi connectivity index (χ2v) is 3.54. The molecule has 2 rings (SSSR count). The molecule has 0 aliphatic rings. The highest BCUT2D eigenvalue weighted by Crippen LogP contribution is 2.11. The molecule has 1 heterocycles. The Balaban J connectivity index is 2.22. The molecule has 0 fully saturated rings. The fourth-order valence-electron chi connectivity index (χ4n) is 1.32. The molecule has 0 bridgehead atoms. The summed E-state index contributed by atoms with van der Waals surface area (Å²) >= 11 is 0. The third-order valence-electron chi connectivity index (χ3n) is 2.10. The fourth-order valence-corrected chi connectivity index (χ4v) is 1.32. The van der Waals surface area contributed by atoms with Gasteiger partial charge in [-0.1, -0.05) is 16.7 Å². The summed E-state index contributed by atoms with van der Waals surface area (Å²) < 4.78 is 13.4. The quantitative estimate of drug-likeness (QED) is 0.839. The third kappa shape index (κ3) is 2.44. The number of aromatic nitrogens is 4. The van der Waals surface area contributed by atoms with Gasteiger partial charge in [-0.15, -0.1) is 5.10 Å². The lowest BCUT2D eigenvalue weighted by Crippen LogP contribution is -2.15. The minimum atomic E-state index is -0.598. The number of nitrogens with zero attached hydrogens (tertiary/aromatic N) is 4. The predicted molar refractivity (Wildman–Crippen MR) is 57.9 cm³/mol. The van der Waals surface area contributed by atoms with Crippen LogP contribution in [0.3, 0.4) is 0 Å². The van der Waals surface area contributed by atoms with Crippen molar-refractivity contribution in [1.82, 2.24) is 20.2 Å². The van der Waals surface area contributed by atoms with Crippen molar-refractivity contribution in [3.8, 4) is 0 Å². The van der Waals surface area contributed by atoms with E-state index in [9.17, 15) is 9.18 Å². The van der Waals surface area contributed by atoms with E-state index in [1.807, 2.05) is 0 Å². The SMILES string of the molecule is Cc1ccc(F)c(C(=O)Nc2nnn(C)n2)c1. The van der Waals surface area contributed by atoms with Crippen LogP contribution >= 0.6 is 0 Å². The summed E-state index contributed by atoms with van der Waals surface area (Å²) in [5.41, 5.74) is 0.751. The second-order valence-electron chi connectivity index (χ2n) is 3.54. The molecule has 1 aromatic heterocycles. The smallest absolute Gasteiger partial charge is 0.270 e. The van der Waals surface area contributed by atoms with Gasteiger partial charge >= 0.3 is 0 Å². The first-order valence-electron chi connectivity index (χ1n) is 4.88. The largest absolute Gasteiger partial charge is 0.288 e. The van der Waals surface area contributed by atoms with Gasteiger partial charge in [0.25, 0.3) is 11.9 Å². The highest BCUT2D eigenvalue weighted by atomic mass is 19.1. The van der Waals surface area contributed by atoms with Gasteiger partial charge in [0, 0.05) is 0 Å². The summed E-state index contributed by atoms with van der Waals surface area (Å²) in [4.78, 5) is 12.9. The maximum absolute atomic E-state index is 13.4. The maximum Gasteiger partial charge on any atom is 0.270 e. The number of anilines is 1. The third-order valence-corrected chi connectivity index (χ3v) is 2.10. The number of halogens is 1. The molecule has 7 heteroatoms. The highest BCUT2D eigenvalue weighted by Gasteiger charge is 2.13. The van der Waals surface area contributed by atoms with Crippen molar-refractivity contribution in [1.29, 1.82) is 0 Å². The maximum atomic E-state index is 13.4. The molecule has 88 valence electrons. The van der Waals surface area contributed by atoms with Gasteiger partial charge in [0.1, 0.15) is 5.82 Å². The second kappa shape index (κ2) is 4.28. The van der Waals surface area contributed by atoms with E-state index >= 15 is 0 Å². The van der Waals surface area contributed by atoms with Gasteiger partial charge in [0.15, 0.2) is 0 Å². The predicted octanol–water partition coefficient (Wildman–Crippen LogP) is 0.910.